The zero-order valence-corrected chi connectivity index (χ0v) is 18.7. The number of nitrogens with one attached hydrogen (secondary N) is 1. The second kappa shape index (κ2) is 9.84. The lowest BCUT2D eigenvalue weighted by molar-refractivity contribution is -0.384. The summed E-state index contributed by atoms with van der Waals surface area (Å²) in [5.74, 6) is 0.697. The van der Waals surface area contributed by atoms with E-state index in [1.165, 1.54) is 11.3 Å². The third-order valence-corrected chi connectivity index (χ3v) is 6.04. The molecular formula is C26H25N5O3. The third-order valence-electron chi connectivity index (χ3n) is 6.04. The van der Waals surface area contributed by atoms with Crippen molar-refractivity contribution in [2.24, 2.45) is 5.10 Å². The van der Waals surface area contributed by atoms with Crippen molar-refractivity contribution in [2.45, 2.75) is 12.8 Å². The van der Waals surface area contributed by atoms with Gasteiger partial charge in [-0.15, -0.1) is 0 Å². The number of hydrogen-bond donors (Lipinski definition) is 1. The van der Waals surface area contributed by atoms with Gasteiger partial charge in [-0.05, 0) is 66.0 Å². The van der Waals surface area contributed by atoms with Crippen molar-refractivity contribution in [3.63, 3.8) is 0 Å². The van der Waals surface area contributed by atoms with E-state index in [2.05, 4.69) is 26.5 Å². The summed E-state index contributed by atoms with van der Waals surface area (Å²) in [6.45, 7) is 3.03. The molecule has 5 rings (SSSR count). The van der Waals surface area contributed by atoms with Crippen molar-refractivity contribution < 1.29 is 9.66 Å². The quantitative estimate of drug-likeness (QED) is 0.319. The number of rotatable bonds is 6. The van der Waals surface area contributed by atoms with Gasteiger partial charge in [-0.3, -0.25) is 15.5 Å². The monoisotopic (exact) mass is 455 g/mol. The van der Waals surface area contributed by atoms with Crippen LogP contribution in [0.4, 0.5) is 11.5 Å². The Morgan fingerprint density at radius 1 is 1.03 bits per heavy atom. The van der Waals surface area contributed by atoms with Crippen LogP contribution in [0.2, 0.25) is 0 Å². The van der Waals surface area contributed by atoms with Crippen molar-refractivity contribution in [3.8, 4) is 0 Å². The SMILES string of the molecule is O=[N+]([O-])c1ccc(/C=C2/CCC(/C=N\Nc3ccc4ccccc4n3)=C2N2CCOCC2)cc1. The highest BCUT2D eigenvalue weighted by Gasteiger charge is 2.25. The molecule has 1 aromatic heterocycles. The first-order valence-corrected chi connectivity index (χ1v) is 11.3. The van der Waals surface area contributed by atoms with Gasteiger partial charge in [0.05, 0.1) is 29.9 Å². The van der Waals surface area contributed by atoms with Gasteiger partial charge in [0.2, 0.25) is 0 Å². The Kier molecular flexibility index (Phi) is 6.31. The molecule has 8 nitrogen and oxygen atoms in total. The van der Waals surface area contributed by atoms with Crippen LogP contribution in [0, 0.1) is 10.1 Å². The van der Waals surface area contributed by atoms with E-state index in [0.717, 1.165) is 48.0 Å². The first kappa shape index (κ1) is 21.8. The van der Waals surface area contributed by atoms with Crippen molar-refractivity contribution in [1.29, 1.82) is 0 Å². The molecule has 0 amide bonds. The molecule has 0 saturated carbocycles. The second-order valence-electron chi connectivity index (χ2n) is 8.25. The summed E-state index contributed by atoms with van der Waals surface area (Å²) in [7, 11) is 0. The van der Waals surface area contributed by atoms with Crippen LogP contribution in [0.3, 0.4) is 0 Å². The Bertz CT molecular complexity index is 1290. The van der Waals surface area contributed by atoms with Gasteiger partial charge in [-0.25, -0.2) is 4.98 Å². The van der Waals surface area contributed by atoms with Gasteiger partial charge in [0.1, 0.15) is 5.82 Å². The predicted molar refractivity (Wildman–Crippen MR) is 134 cm³/mol. The molecule has 1 aliphatic heterocycles. The number of hydrazone groups is 1. The summed E-state index contributed by atoms with van der Waals surface area (Å²) in [5, 5.41) is 16.5. The molecule has 0 bridgehead atoms. The normalized spacial score (nSPS) is 17.8. The van der Waals surface area contributed by atoms with E-state index in [0.29, 0.717) is 19.0 Å². The fraction of sp³-hybridized carbons (Fsp3) is 0.231. The average Bonchev–Trinajstić information content (AvgIpc) is 3.27. The zero-order chi connectivity index (χ0) is 23.3. The topological polar surface area (TPSA) is 92.9 Å². The lowest BCUT2D eigenvalue weighted by Gasteiger charge is -2.31. The molecule has 172 valence electrons. The molecule has 8 heteroatoms. The van der Waals surface area contributed by atoms with Crippen LogP contribution in [0.1, 0.15) is 18.4 Å². The molecule has 3 aromatic rings. The minimum absolute atomic E-state index is 0.0960. The molecule has 2 aromatic carbocycles. The fourth-order valence-electron chi connectivity index (χ4n) is 4.37. The Labute approximate surface area is 197 Å². The summed E-state index contributed by atoms with van der Waals surface area (Å²) < 4.78 is 5.56. The molecule has 1 saturated heterocycles. The van der Waals surface area contributed by atoms with Crippen LogP contribution in [0.5, 0.6) is 0 Å². The first-order valence-electron chi connectivity index (χ1n) is 11.3. The number of anilines is 1. The minimum atomic E-state index is -0.377. The lowest BCUT2D eigenvalue weighted by Crippen LogP contribution is -2.36. The van der Waals surface area contributed by atoms with E-state index >= 15 is 0 Å². The highest BCUT2D eigenvalue weighted by molar-refractivity contribution is 5.85. The van der Waals surface area contributed by atoms with Gasteiger partial charge in [0.15, 0.2) is 0 Å². The van der Waals surface area contributed by atoms with E-state index in [9.17, 15) is 10.1 Å². The Morgan fingerprint density at radius 2 is 1.82 bits per heavy atom. The maximum absolute atomic E-state index is 11.0. The number of nitrogens with zero attached hydrogens (tertiary/aromatic N) is 4. The zero-order valence-electron chi connectivity index (χ0n) is 18.7. The van der Waals surface area contributed by atoms with Crippen molar-refractivity contribution in [1.82, 2.24) is 9.88 Å². The van der Waals surface area contributed by atoms with Crippen LogP contribution >= 0.6 is 0 Å². The molecule has 1 aliphatic carbocycles. The maximum Gasteiger partial charge on any atom is 0.269 e. The van der Waals surface area contributed by atoms with E-state index in [-0.39, 0.29) is 10.6 Å². The van der Waals surface area contributed by atoms with Crippen LogP contribution in [0.25, 0.3) is 17.0 Å². The van der Waals surface area contributed by atoms with Gasteiger partial charge in [-0.1, -0.05) is 18.2 Å². The number of nitro groups is 1. The number of benzene rings is 2. The number of non-ortho nitro benzene ring substituents is 1. The highest BCUT2D eigenvalue weighted by Crippen LogP contribution is 2.35. The lowest BCUT2D eigenvalue weighted by atomic mass is 10.1. The van der Waals surface area contributed by atoms with E-state index in [1.807, 2.05) is 42.6 Å². The van der Waals surface area contributed by atoms with E-state index in [4.69, 9.17) is 4.74 Å². The van der Waals surface area contributed by atoms with Crippen molar-refractivity contribution >= 4 is 34.7 Å². The average molecular weight is 456 g/mol. The number of nitro benzene ring substituents is 1. The molecular weight excluding hydrogens is 430 g/mol. The highest BCUT2D eigenvalue weighted by atomic mass is 16.6. The second-order valence-corrected chi connectivity index (χ2v) is 8.25. The number of fused-ring (bicyclic) bond motifs is 1. The Hall–Kier alpha value is -4.04. The molecule has 0 spiro atoms. The third kappa shape index (κ3) is 4.82. The minimum Gasteiger partial charge on any atom is -0.378 e. The first-order chi connectivity index (χ1) is 16.7. The number of para-hydroxylation sites is 1. The summed E-state index contributed by atoms with van der Waals surface area (Å²) in [5.41, 5.74) is 8.58. The summed E-state index contributed by atoms with van der Waals surface area (Å²) in [4.78, 5) is 17.5. The predicted octanol–water partition coefficient (Wildman–Crippen LogP) is 5.00. The number of ether oxygens (including phenoxy) is 1. The smallest absolute Gasteiger partial charge is 0.269 e. The molecule has 1 N–H and O–H groups in total. The van der Waals surface area contributed by atoms with Gasteiger partial charge in [-0.2, -0.15) is 5.10 Å². The van der Waals surface area contributed by atoms with E-state index < -0.39 is 0 Å². The molecule has 2 heterocycles. The number of morpholine rings is 1. The molecule has 0 radical (unpaired) electrons. The van der Waals surface area contributed by atoms with Crippen LogP contribution < -0.4 is 5.43 Å². The summed E-state index contributed by atoms with van der Waals surface area (Å²) in [6.07, 6.45) is 5.77. The van der Waals surface area contributed by atoms with Crippen LogP contribution in [-0.4, -0.2) is 47.3 Å². The summed E-state index contributed by atoms with van der Waals surface area (Å²) >= 11 is 0. The molecule has 2 aliphatic rings. The van der Waals surface area contributed by atoms with Gasteiger partial charge in [0.25, 0.3) is 5.69 Å². The van der Waals surface area contributed by atoms with Crippen LogP contribution in [0.15, 0.2) is 82.6 Å². The van der Waals surface area contributed by atoms with Gasteiger partial charge < -0.3 is 9.64 Å². The Balaban J connectivity index is 1.40. The number of pyridine rings is 1. The molecule has 0 atom stereocenters. The maximum atomic E-state index is 11.0. The molecule has 1 fully saturated rings. The van der Waals surface area contributed by atoms with Crippen LogP contribution in [-0.2, 0) is 4.74 Å². The molecule has 0 unspecified atom stereocenters. The summed E-state index contributed by atoms with van der Waals surface area (Å²) in [6, 6.07) is 18.6. The largest absolute Gasteiger partial charge is 0.378 e. The molecule has 34 heavy (non-hydrogen) atoms. The van der Waals surface area contributed by atoms with E-state index in [1.54, 1.807) is 24.3 Å². The van der Waals surface area contributed by atoms with Crippen molar-refractivity contribution in [3.05, 3.63) is 93.2 Å². The number of aromatic nitrogens is 1. The number of hydrogen-bond acceptors (Lipinski definition) is 7. The van der Waals surface area contributed by atoms with Crippen molar-refractivity contribution in [2.75, 3.05) is 31.7 Å². The fourth-order valence-corrected chi connectivity index (χ4v) is 4.37. The number of allylic oxidation sites excluding steroid dienone is 2. The Morgan fingerprint density at radius 3 is 2.62 bits per heavy atom. The standard InChI is InChI=1S/C26H25N5O3/c32-31(33)23-10-5-19(6-11-23)17-21-7-8-22(26(21)30-13-15-34-16-14-30)18-27-29-25-12-9-20-3-1-2-4-24(20)28-25/h1-6,9-12,17-18H,7-8,13-16H2,(H,28,29)/b21-17-,27-18-. The van der Waals surface area contributed by atoms with Gasteiger partial charge >= 0.3 is 0 Å². The van der Waals surface area contributed by atoms with Gasteiger partial charge in [0, 0.05) is 36.3 Å².